The van der Waals surface area contributed by atoms with Gasteiger partial charge in [-0.15, -0.1) is 0 Å². The predicted molar refractivity (Wildman–Crippen MR) is 109 cm³/mol. The molecule has 0 saturated heterocycles. The van der Waals surface area contributed by atoms with Gasteiger partial charge in [0.15, 0.2) is 0 Å². The molecule has 150 valence electrons. The summed E-state index contributed by atoms with van der Waals surface area (Å²) < 4.78 is 0. The molecule has 0 bridgehead atoms. The number of rotatable bonds is 6. The van der Waals surface area contributed by atoms with Crippen LogP contribution in [0, 0.1) is 0 Å². The first-order chi connectivity index (χ1) is 14.3. The van der Waals surface area contributed by atoms with Gasteiger partial charge in [-0.1, -0.05) is 18.2 Å². The molecule has 4 N–H and O–H groups in total. The van der Waals surface area contributed by atoms with Crippen LogP contribution in [0.1, 0.15) is 41.4 Å². The van der Waals surface area contributed by atoms with Gasteiger partial charge in [-0.2, -0.15) is 0 Å². The van der Waals surface area contributed by atoms with E-state index in [1.165, 1.54) is 60.7 Å². The van der Waals surface area contributed by atoms with Crippen LogP contribution in [-0.2, 0) is 0 Å². The number of aromatic carboxylic acids is 2. The molecule has 0 atom stereocenters. The summed E-state index contributed by atoms with van der Waals surface area (Å²) >= 11 is 0. The Labute approximate surface area is 170 Å². The minimum atomic E-state index is -1.11. The van der Waals surface area contributed by atoms with Crippen molar-refractivity contribution in [3.05, 3.63) is 95.1 Å². The molecule has 0 spiro atoms. The Bertz CT molecular complexity index is 1070. The van der Waals surface area contributed by atoms with Crippen LogP contribution in [-0.4, -0.2) is 34.0 Å². The standard InChI is InChI=1S/C22H16N2O6/c25-19(23-17-8-2-6-15(11-17)21(27)28)13-4-1-5-14(10-13)20(26)24-18-9-3-7-16(12-18)22(29)30/h1-12H,(H,23,25)(H,24,26)(H,27,28)(H,29,30). The molecule has 30 heavy (non-hydrogen) atoms. The fraction of sp³-hybridized carbons (Fsp3) is 0. The fourth-order valence-electron chi connectivity index (χ4n) is 2.67. The molecule has 0 heterocycles. The average molecular weight is 404 g/mol. The van der Waals surface area contributed by atoms with Crippen molar-refractivity contribution in [1.82, 2.24) is 0 Å². The summed E-state index contributed by atoms with van der Waals surface area (Å²) in [6.07, 6.45) is 0. The van der Waals surface area contributed by atoms with Gasteiger partial charge < -0.3 is 20.8 Å². The van der Waals surface area contributed by atoms with Crippen molar-refractivity contribution in [1.29, 1.82) is 0 Å². The topological polar surface area (TPSA) is 133 Å². The lowest BCUT2D eigenvalue weighted by Gasteiger charge is -2.09. The highest BCUT2D eigenvalue weighted by molar-refractivity contribution is 6.09. The lowest BCUT2D eigenvalue weighted by molar-refractivity contribution is 0.0686. The second-order valence-electron chi connectivity index (χ2n) is 6.26. The van der Waals surface area contributed by atoms with Crippen LogP contribution in [0.25, 0.3) is 0 Å². The average Bonchev–Trinajstić information content (AvgIpc) is 2.74. The third kappa shape index (κ3) is 4.87. The van der Waals surface area contributed by atoms with Gasteiger partial charge in [0.25, 0.3) is 11.8 Å². The van der Waals surface area contributed by atoms with Gasteiger partial charge in [-0.3, -0.25) is 9.59 Å². The maximum Gasteiger partial charge on any atom is 0.335 e. The molecule has 0 aliphatic rings. The molecule has 0 aromatic heterocycles. The van der Waals surface area contributed by atoms with E-state index in [1.54, 1.807) is 12.1 Å². The zero-order chi connectivity index (χ0) is 21.7. The van der Waals surface area contributed by atoms with Crippen LogP contribution in [0.3, 0.4) is 0 Å². The minimum absolute atomic E-state index is 0.0320. The van der Waals surface area contributed by atoms with E-state index >= 15 is 0 Å². The molecule has 3 aromatic rings. The van der Waals surface area contributed by atoms with Crippen LogP contribution in [0.15, 0.2) is 72.8 Å². The van der Waals surface area contributed by atoms with Gasteiger partial charge in [0.2, 0.25) is 0 Å². The van der Waals surface area contributed by atoms with E-state index in [1.807, 2.05) is 0 Å². The van der Waals surface area contributed by atoms with E-state index < -0.39 is 23.8 Å². The minimum Gasteiger partial charge on any atom is -0.478 e. The van der Waals surface area contributed by atoms with E-state index in [4.69, 9.17) is 10.2 Å². The van der Waals surface area contributed by atoms with Gasteiger partial charge in [-0.25, -0.2) is 9.59 Å². The van der Waals surface area contributed by atoms with Crippen molar-refractivity contribution in [3.8, 4) is 0 Å². The second kappa shape index (κ2) is 8.70. The molecular formula is C22H16N2O6. The van der Waals surface area contributed by atoms with Crippen LogP contribution in [0.2, 0.25) is 0 Å². The summed E-state index contributed by atoms with van der Waals surface area (Å²) in [6, 6.07) is 17.5. The van der Waals surface area contributed by atoms with E-state index in [9.17, 15) is 19.2 Å². The Kier molecular flexibility index (Phi) is 5.88. The molecule has 3 aromatic carbocycles. The highest BCUT2D eigenvalue weighted by Gasteiger charge is 2.13. The lowest BCUT2D eigenvalue weighted by Crippen LogP contribution is -2.16. The maximum atomic E-state index is 12.5. The molecule has 0 aliphatic heterocycles. The van der Waals surface area contributed by atoms with Crippen molar-refractivity contribution in [2.45, 2.75) is 0 Å². The molecule has 3 rings (SSSR count). The van der Waals surface area contributed by atoms with E-state index in [0.717, 1.165) is 0 Å². The van der Waals surface area contributed by atoms with E-state index in [2.05, 4.69) is 10.6 Å². The van der Waals surface area contributed by atoms with Crippen LogP contribution < -0.4 is 10.6 Å². The molecule has 0 unspecified atom stereocenters. The van der Waals surface area contributed by atoms with Crippen molar-refractivity contribution < 1.29 is 29.4 Å². The third-order valence-electron chi connectivity index (χ3n) is 4.12. The number of carboxylic acids is 2. The third-order valence-corrected chi connectivity index (χ3v) is 4.12. The summed E-state index contributed by atoms with van der Waals surface area (Å²) in [4.78, 5) is 47.1. The Morgan fingerprint density at radius 1 is 0.533 bits per heavy atom. The zero-order valence-corrected chi connectivity index (χ0v) is 15.5. The smallest absolute Gasteiger partial charge is 0.335 e. The summed E-state index contributed by atoms with van der Waals surface area (Å²) in [6.45, 7) is 0. The van der Waals surface area contributed by atoms with Crippen molar-refractivity contribution in [3.63, 3.8) is 0 Å². The predicted octanol–water partition coefficient (Wildman–Crippen LogP) is 3.59. The highest BCUT2D eigenvalue weighted by Crippen LogP contribution is 2.15. The highest BCUT2D eigenvalue weighted by atomic mass is 16.4. The number of carboxylic acid groups (broad SMARTS) is 2. The Morgan fingerprint density at radius 2 is 0.900 bits per heavy atom. The molecule has 2 amide bonds. The number of amides is 2. The first kappa shape index (κ1) is 20.3. The number of nitrogens with one attached hydrogen (secondary N) is 2. The maximum absolute atomic E-state index is 12.5. The monoisotopic (exact) mass is 404 g/mol. The van der Waals surface area contributed by atoms with Crippen LogP contribution in [0.4, 0.5) is 11.4 Å². The van der Waals surface area contributed by atoms with Gasteiger partial charge in [0.1, 0.15) is 0 Å². The van der Waals surface area contributed by atoms with E-state index in [0.29, 0.717) is 11.4 Å². The molecule has 8 heteroatoms. The Hall–Kier alpha value is -4.46. The first-order valence-corrected chi connectivity index (χ1v) is 8.73. The van der Waals surface area contributed by atoms with Gasteiger partial charge in [0, 0.05) is 22.5 Å². The molecule has 8 nitrogen and oxygen atoms in total. The fourth-order valence-corrected chi connectivity index (χ4v) is 2.67. The summed E-state index contributed by atoms with van der Waals surface area (Å²) in [5, 5.41) is 23.3. The van der Waals surface area contributed by atoms with Gasteiger partial charge in [0.05, 0.1) is 11.1 Å². The molecule has 0 fully saturated rings. The quantitative estimate of drug-likeness (QED) is 0.496. The van der Waals surface area contributed by atoms with E-state index in [-0.39, 0.29) is 22.3 Å². The number of hydrogen-bond donors (Lipinski definition) is 4. The molecule has 0 aliphatic carbocycles. The van der Waals surface area contributed by atoms with Gasteiger partial charge in [-0.05, 0) is 54.6 Å². The van der Waals surface area contributed by atoms with Crippen molar-refractivity contribution in [2.24, 2.45) is 0 Å². The van der Waals surface area contributed by atoms with Crippen LogP contribution >= 0.6 is 0 Å². The number of hydrogen-bond acceptors (Lipinski definition) is 4. The van der Waals surface area contributed by atoms with Crippen LogP contribution in [0.5, 0.6) is 0 Å². The largest absolute Gasteiger partial charge is 0.478 e. The molecule has 0 saturated carbocycles. The SMILES string of the molecule is O=C(O)c1cccc(NC(=O)c2cccc(C(=O)Nc3cccc(C(=O)O)c3)c2)c1. The number of carbonyl (C=O) groups is 4. The molecule has 0 radical (unpaired) electrons. The summed E-state index contributed by atoms with van der Waals surface area (Å²) in [5.41, 5.74) is 1.07. The first-order valence-electron chi connectivity index (χ1n) is 8.73. The van der Waals surface area contributed by atoms with Crippen molar-refractivity contribution >= 4 is 35.1 Å². The summed E-state index contributed by atoms with van der Waals surface area (Å²) in [5.74, 6) is -3.26. The number of benzene rings is 3. The van der Waals surface area contributed by atoms with Gasteiger partial charge >= 0.3 is 11.9 Å². The lowest BCUT2D eigenvalue weighted by atomic mass is 10.1. The zero-order valence-electron chi connectivity index (χ0n) is 15.5. The Balaban J connectivity index is 1.75. The molecular weight excluding hydrogens is 388 g/mol. The number of carbonyl (C=O) groups excluding carboxylic acids is 2. The second-order valence-corrected chi connectivity index (χ2v) is 6.26. The normalized spacial score (nSPS) is 10.1. The number of anilines is 2. The van der Waals surface area contributed by atoms with Crippen molar-refractivity contribution in [2.75, 3.05) is 10.6 Å². The summed E-state index contributed by atoms with van der Waals surface area (Å²) in [7, 11) is 0. The Morgan fingerprint density at radius 3 is 1.30 bits per heavy atom.